The molecule has 1 atom stereocenters. The van der Waals surface area contributed by atoms with Gasteiger partial charge in [0.15, 0.2) is 8.46 Å². The smallest absolute Gasteiger partial charge is 0.259 e. The molecule has 0 bridgehead atoms. The molecule has 0 aromatic heterocycles. The second kappa shape index (κ2) is 5.76. The fourth-order valence-corrected chi connectivity index (χ4v) is 2.16. The van der Waals surface area contributed by atoms with Gasteiger partial charge in [-0.1, -0.05) is 12.7 Å². The van der Waals surface area contributed by atoms with Crippen LogP contribution in [0.2, 0.25) is 0 Å². The van der Waals surface area contributed by atoms with E-state index in [2.05, 4.69) is 11.9 Å². The third kappa shape index (κ3) is 2.88. The Morgan fingerprint density at radius 3 is 2.74 bits per heavy atom. The summed E-state index contributed by atoms with van der Waals surface area (Å²) < 4.78 is 16.0. The van der Waals surface area contributed by atoms with Gasteiger partial charge in [0.2, 0.25) is 0 Å². The molecular formula is C13H12NO4P. The molecular weight excluding hydrogens is 265 g/mol. The van der Waals surface area contributed by atoms with E-state index in [0.717, 1.165) is 0 Å². The lowest BCUT2D eigenvalue weighted by Crippen LogP contribution is -2.19. The Hall–Kier alpha value is -2.00. The molecule has 1 N–H and O–H groups in total. The van der Waals surface area contributed by atoms with Crippen LogP contribution in [0.5, 0.6) is 5.75 Å². The highest BCUT2D eigenvalue weighted by atomic mass is 31.1. The number of benzene rings is 1. The van der Waals surface area contributed by atoms with Crippen molar-refractivity contribution in [1.29, 1.82) is 0 Å². The van der Waals surface area contributed by atoms with Crippen molar-refractivity contribution >= 4 is 20.3 Å². The number of carbonyl (C=O) groups excluding carboxylic acids is 2. The molecule has 1 aliphatic rings. The standard InChI is InChI=1S/C13H12NO4P/c1-2-8(5-6-19-17)18-9-3-4-10-11(7-9)13(16)14-12(10)15/h2-4,7-8H,1,5-6H2,(H,14,15,16). The van der Waals surface area contributed by atoms with E-state index in [1.165, 1.54) is 6.07 Å². The molecule has 1 heterocycles. The molecule has 5 nitrogen and oxygen atoms in total. The van der Waals surface area contributed by atoms with E-state index in [9.17, 15) is 14.2 Å². The van der Waals surface area contributed by atoms with Gasteiger partial charge in [0.1, 0.15) is 11.9 Å². The molecule has 19 heavy (non-hydrogen) atoms. The van der Waals surface area contributed by atoms with Crippen molar-refractivity contribution in [3.63, 3.8) is 0 Å². The summed E-state index contributed by atoms with van der Waals surface area (Å²) in [6.45, 7) is 3.65. The summed E-state index contributed by atoms with van der Waals surface area (Å²) >= 11 is 0. The molecule has 0 aliphatic carbocycles. The zero-order chi connectivity index (χ0) is 13.8. The van der Waals surface area contributed by atoms with Crippen LogP contribution in [0, 0.1) is 0 Å². The molecule has 0 saturated heterocycles. The largest absolute Gasteiger partial charge is 0.486 e. The predicted octanol–water partition coefficient (Wildman–Crippen LogP) is 2.19. The van der Waals surface area contributed by atoms with E-state index in [-0.39, 0.29) is 14.6 Å². The Morgan fingerprint density at radius 1 is 1.32 bits per heavy atom. The third-order valence-corrected chi connectivity index (χ3v) is 3.20. The monoisotopic (exact) mass is 277 g/mol. The highest BCUT2D eigenvalue weighted by molar-refractivity contribution is 7.23. The first-order chi connectivity index (χ1) is 9.15. The number of hydrogen-bond acceptors (Lipinski definition) is 4. The average molecular weight is 277 g/mol. The topological polar surface area (TPSA) is 72.5 Å². The van der Waals surface area contributed by atoms with Gasteiger partial charge in [-0.3, -0.25) is 19.5 Å². The molecule has 1 unspecified atom stereocenters. The van der Waals surface area contributed by atoms with Crippen molar-refractivity contribution in [2.75, 3.05) is 6.16 Å². The average Bonchev–Trinajstić information content (AvgIpc) is 2.69. The Morgan fingerprint density at radius 2 is 2.05 bits per heavy atom. The first kappa shape index (κ1) is 13.4. The van der Waals surface area contributed by atoms with E-state index >= 15 is 0 Å². The van der Waals surface area contributed by atoms with Gasteiger partial charge in [-0.05, 0) is 24.6 Å². The van der Waals surface area contributed by atoms with E-state index in [4.69, 9.17) is 4.74 Å². The van der Waals surface area contributed by atoms with Gasteiger partial charge in [-0.2, -0.15) is 0 Å². The van der Waals surface area contributed by atoms with E-state index in [0.29, 0.717) is 29.5 Å². The Kier molecular flexibility index (Phi) is 4.07. The lowest BCUT2D eigenvalue weighted by molar-refractivity contribution is 0.0879. The van der Waals surface area contributed by atoms with Gasteiger partial charge >= 0.3 is 0 Å². The van der Waals surface area contributed by atoms with Crippen LogP contribution in [0.4, 0.5) is 0 Å². The van der Waals surface area contributed by atoms with Gasteiger partial charge in [0, 0.05) is 6.16 Å². The second-order valence-corrected chi connectivity index (χ2v) is 4.73. The summed E-state index contributed by atoms with van der Waals surface area (Å²) in [5.41, 5.74) is 0.665. The number of fused-ring (bicyclic) bond motifs is 1. The fraction of sp³-hybridized carbons (Fsp3) is 0.231. The molecule has 0 radical (unpaired) electrons. The Bertz CT molecular complexity index is 556. The molecule has 1 aliphatic heterocycles. The highest BCUT2D eigenvalue weighted by Gasteiger charge is 2.27. The van der Waals surface area contributed by atoms with E-state index in [1.54, 1.807) is 18.2 Å². The van der Waals surface area contributed by atoms with Gasteiger partial charge < -0.3 is 4.74 Å². The lowest BCUT2D eigenvalue weighted by atomic mass is 10.1. The maximum atomic E-state index is 11.5. The van der Waals surface area contributed by atoms with Gasteiger partial charge in [-0.15, -0.1) is 0 Å². The van der Waals surface area contributed by atoms with Crippen LogP contribution < -0.4 is 10.1 Å². The summed E-state index contributed by atoms with van der Waals surface area (Å²) in [6, 6.07) is 4.71. The van der Waals surface area contributed by atoms with Crippen LogP contribution in [-0.2, 0) is 4.57 Å². The first-order valence-corrected chi connectivity index (χ1v) is 6.73. The minimum Gasteiger partial charge on any atom is -0.486 e. The van der Waals surface area contributed by atoms with E-state index in [1.807, 2.05) is 0 Å². The molecule has 2 amide bonds. The van der Waals surface area contributed by atoms with Crippen LogP contribution in [0.3, 0.4) is 0 Å². The fourth-order valence-electron chi connectivity index (χ4n) is 1.80. The molecule has 0 spiro atoms. The summed E-state index contributed by atoms with van der Waals surface area (Å²) in [4.78, 5) is 22.9. The normalized spacial score (nSPS) is 14.9. The zero-order valence-electron chi connectivity index (χ0n) is 10.1. The quantitative estimate of drug-likeness (QED) is 0.491. The van der Waals surface area contributed by atoms with Gasteiger partial charge in [0.05, 0.1) is 11.1 Å². The minimum atomic E-state index is -0.418. The highest BCUT2D eigenvalue weighted by Crippen LogP contribution is 2.23. The number of amides is 2. The van der Waals surface area contributed by atoms with Crippen molar-refractivity contribution in [2.45, 2.75) is 12.5 Å². The van der Waals surface area contributed by atoms with Crippen molar-refractivity contribution in [2.24, 2.45) is 0 Å². The third-order valence-electron chi connectivity index (χ3n) is 2.76. The van der Waals surface area contributed by atoms with Gasteiger partial charge in [0.25, 0.3) is 11.8 Å². The molecule has 2 rings (SSSR count). The number of imide groups is 1. The molecule has 1 aromatic rings. The summed E-state index contributed by atoms with van der Waals surface area (Å²) in [5, 5.41) is 2.22. The lowest BCUT2D eigenvalue weighted by Gasteiger charge is -2.14. The first-order valence-electron chi connectivity index (χ1n) is 5.73. The predicted molar refractivity (Wildman–Crippen MR) is 69.9 cm³/mol. The van der Waals surface area contributed by atoms with Crippen molar-refractivity contribution in [3.05, 3.63) is 42.0 Å². The van der Waals surface area contributed by atoms with Crippen molar-refractivity contribution < 1.29 is 18.9 Å². The molecule has 98 valence electrons. The molecule has 6 heteroatoms. The van der Waals surface area contributed by atoms with Crippen molar-refractivity contribution in [1.82, 2.24) is 5.32 Å². The SMILES string of the molecule is C=CC(CCP=O)Oc1ccc2c(c1)C(=O)NC2=O. The Labute approximate surface area is 111 Å². The van der Waals surface area contributed by atoms with E-state index < -0.39 is 11.8 Å². The molecule has 0 fully saturated rings. The van der Waals surface area contributed by atoms with Gasteiger partial charge in [-0.25, -0.2) is 0 Å². The van der Waals surface area contributed by atoms with Crippen LogP contribution in [0.15, 0.2) is 30.9 Å². The number of hydrogen-bond donors (Lipinski definition) is 1. The summed E-state index contributed by atoms with van der Waals surface area (Å²) in [5.74, 6) is -0.327. The van der Waals surface area contributed by atoms with Crippen LogP contribution in [0.1, 0.15) is 27.1 Å². The number of nitrogens with one attached hydrogen (secondary N) is 1. The molecule has 1 aromatic carbocycles. The molecule has 0 saturated carbocycles. The zero-order valence-corrected chi connectivity index (χ0v) is 11.0. The number of ether oxygens (including phenoxy) is 1. The maximum Gasteiger partial charge on any atom is 0.259 e. The second-order valence-electron chi connectivity index (χ2n) is 4.02. The minimum absolute atomic E-state index is 0.0581. The van der Waals surface area contributed by atoms with Crippen LogP contribution in [-0.4, -0.2) is 24.1 Å². The summed E-state index contributed by atoms with van der Waals surface area (Å²) in [7, 11) is 0.0581. The number of carbonyl (C=O) groups is 2. The number of rotatable bonds is 6. The van der Waals surface area contributed by atoms with Crippen molar-refractivity contribution in [3.8, 4) is 5.75 Å². The summed E-state index contributed by atoms with van der Waals surface area (Å²) in [6.07, 6.45) is 2.38. The van der Waals surface area contributed by atoms with Crippen LogP contribution in [0.25, 0.3) is 0 Å². The van der Waals surface area contributed by atoms with Crippen LogP contribution >= 0.6 is 8.46 Å². The maximum absolute atomic E-state index is 11.5. The Balaban J connectivity index is 2.16.